The van der Waals surface area contributed by atoms with E-state index in [1.807, 2.05) is 6.92 Å². The predicted octanol–water partition coefficient (Wildman–Crippen LogP) is 7.17. The Morgan fingerprint density at radius 1 is 0.935 bits per heavy atom. The van der Waals surface area contributed by atoms with Crippen LogP contribution in [0.2, 0.25) is 0 Å². The Hall–Kier alpha value is -1.20. The normalized spacial score (nSPS) is 26.7. The van der Waals surface area contributed by atoms with Crippen molar-refractivity contribution in [3.05, 3.63) is 29.3 Å². The van der Waals surface area contributed by atoms with E-state index in [2.05, 4.69) is 6.92 Å². The van der Waals surface area contributed by atoms with E-state index in [9.17, 15) is 8.78 Å². The fraction of sp³-hybridized carbons (Fsp3) is 0.769. The second-order valence-corrected chi connectivity index (χ2v) is 9.33. The Morgan fingerprint density at radius 3 is 2.39 bits per heavy atom. The lowest BCUT2D eigenvalue weighted by Crippen LogP contribution is -2.32. The van der Waals surface area contributed by atoms with Gasteiger partial charge in [0.2, 0.25) is 5.82 Å². The third-order valence-corrected chi connectivity index (χ3v) is 6.92. The number of hydrogen-bond acceptors (Lipinski definition) is 3. The molecule has 176 valence electrons. The molecule has 1 saturated carbocycles. The summed E-state index contributed by atoms with van der Waals surface area (Å²) >= 11 is 0. The number of halogens is 2. The fourth-order valence-electron chi connectivity index (χ4n) is 4.81. The Kier molecular flexibility index (Phi) is 10.0. The van der Waals surface area contributed by atoms with Gasteiger partial charge in [-0.25, -0.2) is 4.39 Å². The zero-order chi connectivity index (χ0) is 22.1. The molecule has 0 amide bonds. The smallest absolute Gasteiger partial charge is 0.200 e. The van der Waals surface area contributed by atoms with Gasteiger partial charge in [-0.3, -0.25) is 0 Å². The zero-order valence-corrected chi connectivity index (χ0v) is 19.3. The van der Waals surface area contributed by atoms with Crippen LogP contribution in [0.4, 0.5) is 8.78 Å². The molecule has 0 aromatic heterocycles. The molecule has 1 saturated heterocycles. The first kappa shape index (κ1) is 24.4. The average molecular weight is 439 g/mol. The molecule has 2 unspecified atom stereocenters. The molecule has 1 aliphatic carbocycles. The summed E-state index contributed by atoms with van der Waals surface area (Å²) in [5.74, 6) is -0.914. The summed E-state index contributed by atoms with van der Waals surface area (Å²) in [4.78, 5) is 0. The molecular weight excluding hydrogens is 398 g/mol. The predicted molar refractivity (Wildman–Crippen MR) is 120 cm³/mol. The van der Waals surface area contributed by atoms with Crippen LogP contribution in [0.15, 0.2) is 12.1 Å². The molecule has 0 radical (unpaired) electrons. The van der Waals surface area contributed by atoms with Crippen LogP contribution >= 0.6 is 0 Å². The van der Waals surface area contributed by atoms with Crippen LogP contribution in [-0.2, 0) is 9.47 Å². The highest BCUT2D eigenvalue weighted by Crippen LogP contribution is 2.34. The van der Waals surface area contributed by atoms with E-state index >= 15 is 0 Å². The van der Waals surface area contributed by atoms with Gasteiger partial charge in [0.05, 0.1) is 32.0 Å². The van der Waals surface area contributed by atoms with Gasteiger partial charge in [0.1, 0.15) is 0 Å². The van der Waals surface area contributed by atoms with Crippen molar-refractivity contribution >= 4 is 0 Å². The summed E-state index contributed by atoms with van der Waals surface area (Å²) in [7, 11) is 0. The highest BCUT2D eigenvalue weighted by atomic mass is 19.2. The van der Waals surface area contributed by atoms with E-state index in [1.54, 1.807) is 12.1 Å². The molecule has 31 heavy (non-hydrogen) atoms. The van der Waals surface area contributed by atoms with Crippen molar-refractivity contribution in [2.45, 2.75) is 103 Å². The van der Waals surface area contributed by atoms with Gasteiger partial charge in [-0.05, 0) is 62.5 Å². The Bertz CT molecular complexity index is 650. The van der Waals surface area contributed by atoms with Gasteiger partial charge in [0.15, 0.2) is 11.6 Å². The van der Waals surface area contributed by atoms with Crippen molar-refractivity contribution in [1.29, 1.82) is 0 Å². The van der Waals surface area contributed by atoms with E-state index in [-0.39, 0.29) is 17.8 Å². The molecule has 1 heterocycles. The molecular formula is C26H40F2O3. The minimum absolute atomic E-state index is 0.00196. The maximum absolute atomic E-state index is 14.6. The van der Waals surface area contributed by atoms with Gasteiger partial charge in [-0.1, -0.05) is 45.6 Å². The highest BCUT2D eigenvalue weighted by Gasteiger charge is 2.28. The van der Waals surface area contributed by atoms with Gasteiger partial charge in [0.25, 0.3) is 0 Å². The first-order chi connectivity index (χ1) is 15.1. The van der Waals surface area contributed by atoms with Crippen molar-refractivity contribution in [3.8, 4) is 5.75 Å². The number of rotatable bonds is 11. The van der Waals surface area contributed by atoms with Crippen molar-refractivity contribution in [2.75, 3.05) is 19.8 Å². The number of benzene rings is 1. The quantitative estimate of drug-likeness (QED) is 0.343. The summed E-state index contributed by atoms with van der Waals surface area (Å²) in [6.07, 6.45) is 12.6. The zero-order valence-electron chi connectivity index (χ0n) is 19.3. The van der Waals surface area contributed by atoms with Crippen molar-refractivity contribution in [3.63, 3.8) is 0 Å². The van der Waals surface area contributed by atoms with E-state index in [0.717, 1.165) is 44.4 Å². The highest BCUT2D eigenvalue weighted by molar-refractivity contribution is 5.33. The SMILES string of the molecule is CCCCOc1ccc(C2CCC(COC3CCC(CCCC)CC3)OC2)c(F)c1F. The lowest BCUT2D eigenvalue weighted by molar-refractivity contribution is -0.0781. The van der Waals surface area contributed by atoms with E-state index < -0.39 is 11.6 Å². The molecule has 0 spiro atoms. The molecule has 2 atom stereocenters. The first-order valence-corrected chi connectivity index (χ1v) is 12.5. The van der Waals surface area contributed by atoms with Crippen LogP contribution in [-0.4, -0.2) is 32.0 Å². The molecule has 3 rings (SSSR count). The van der Waals surface area contributed by atoms with Crippen LogP contribution in [0.1, 0.15) is 96.0 Å². The first-order valence-electron chi connectivity index (χ1n) is 12.5. The van der Waals surface area contributed by atoms with Crippen LogP contribution in [0.5, 0.6) is 5.75 Å². The second-order valence-electron chi connectivity index (χ2n) is 9.33. The maximum atomic E-state index is 14.6. The van der Waals surface area contributed by atoms with Crippen LogP contribution < -0.4 is 4.74 Å². The molecule has 0 N–H and O–H groups in total. The Balaban J connectivity index is 1.40. The topological polar surface area (TPSA) is 27.7 Å². The summed E-state index contributed by atoms with van der Waals surface area (Å²) in [6, 6.07) is 3.21. The molecule has 1 aromatic rings. The fourth-order valence-corrected chi connectivity index (χ4v) is 4.81. The molecule has 2 aliphatic rings. The molecule has 0 bridgehead atoms. The standard InChI is InChI=1S/C26H40F2O3/c1-3-5-7-19-8-11-21(12-9-19)31-18-22-13-10-20(17-30-22)23-14-15-24(26(28)25(23)27)29-16-6-4-2/h14-15,19-22H,3-13,16-18H2,1-2H3. The van der Waals surface area contributed by atoms with Gasteiger partial charge in [-0.15, -0.1) is 0 Å². The summed E-state index contributed by atoms with van der Waals surface area (Å²) < 4.78 is 46.5. The minimum atomic E-state index is -0.881. The van der Waals surface area contributed by atoms with Crippen LogP contribution in [0, 0.1) is 17.6 Å². The average Bonchev–Trinajstić information content (AvgIpc) is 2.80. The van der Waals surface area contributed by atoms with E-state index in [1.165, 1.54) is 32.1 Å². The molecule has 1 aromatic carbocycles. The molecule has 2 fully saturated rings. The Labute approximate surface area is 186 Å². The lowest BCUT2D eigenvalue weighted by atomic mass is 9.84. The molecule has 3 nitrogen and oxygen atoms in total. The van der Waals surface area contributed by atoms with Crippen molar-refractivity contribution in [2.24, 2.45) is 5.92 Å². The van der Waals surface area contributed by atoms with Gasteiger partial charge in [-0.2, -0.15) is 4.39 Å². The largest absolute Gasteiger partial charge is 0.490 e. The van der Waals surface area contributed by atoms with Gasteiger partial charge >= 0.3 is 0 Å². The van der Waals surface area contributed by atoms with Gasteiger partial charge < -0.3 is 14.2 Å². The Morgan fingerprint density at radius 2 is 1.71 bits per heavy atom. The third kappa shape index (κ3) is 7.15. The minimum Gasteiger partial charge on any atom is -0.490 e. The number of hydrogen-bond donors (Lipinski definition) is 0. The van der Waals surface area contributed by atoms with E-state index in [4.69, 9.17) is 14.2 Å². The maximum Gasteiger partial charge on any atom is 0.200 e. The molecule has 1 aliphatic heterocycles. The van der Waals surface area contributed by atoms with Crippen molar-refractivity contribution < 1.29 is 23.0 Å². The number of unbranched alkanes of at least 4 members (excludes halogenated alkanes) is 2. The summed E-state index contributed by atoms with van der Waals surface area (Å²) in [5, 5.41) is 0. The van der Waals surface area contributed by atoms with Crippen molar-refractivity contribution in [1.82, 2.24) is 0 Å². The monoisotopic (exact) mass is 438 g/mol. The summed E-state index contributed by atoms with van der Waals surface area (Å²) in [6.45, 7) is 5.71. The van der Waals surface area contributed by atoms with E-state index in [0.29, 0.717) is 31.5 Å². The van der Waals surface area contributed by atoms with Gasteiger partial charge in [0, 0.05) is 5.92 Å². The molecule has 5 heteroatoms. The summed E-state index contributed by atoms with van der Waals surface area (Å²) in [5.41, 5.74) is 0.394. The lowest BCUT2D eigenvalue weighted by Gasteiger charge is -2.32. The van der Waals surface area contributed by atoms with Crippen LogP contribution in [0.25, 0.3) is 0 Å². The number of ether oxygens (including phenoxy) is 3. The van der Waals surface area contributed by atoms with Crippen LogP contribution in [0.3, 0.4) is 0 Å². The third-order valence-electron chi connectivity index (χ3n) is 6.92. The second kappa shape index (κ2) is 12.7.